The van der Waals surface area contributed by atoms with E-state index in [1.165, 1.54) is 0 Å². The van der Waals surface area contributed by atoms with Crippen LogP contribution in [0.1, 0.15) is 29.3 Å². The zero-order valence-corrected chi connectivity index (χ0v) is 14.0. The molecule has 0 fully saturated rings. The van der Waals surface area contributed by atoms with Crippen molar-refractivity contribution in [2.45, 2.75) is 20.3 Å². The maximum Gasteiger partial charge on any atom is 0.180 e. The minimum atomic E-state index is 0.124. The number of ketones is 1. The van der Waals surface area contributed by atoms with Gasteiger partial charge in [0.05, 0.1) is 19.2 Å². The zero-order valence-electron chi connectivity index (χ0n) is 14.0. The van der Waals surface area contributed by atoms with Crippen molar-refractivity contribution in [3.8, 4) is 5.75 Å². The van der Waals surface area contributed by atoms with Gasteiger partial charge in [0.2, 0.25) is 0 Å². The lowest BCUT2D eigenvalue weighted by Gasteiger charge is -2.23. The van der Waals surface area contributed by atoms with Crippen molar-refractivity contribution in [2.24, 2.45) is 0 Å². The molecule has 0 N–H and O–H groups in total. The normalized spacial score (nSPS) is 11.2. The number of benzene rings is 1. The maximum absolute atomic E-state index is 12.5. The van der Waals surface area contributed by atoms with E-state index in [-0.39, 0.29) is 5.78 Å². The van der Waals surface area contributed by atoms with E-state index in [9.17, 15) is 4.79 Å². The van der Waals surface area contributed by atoms with Crippen LogP contribution >= 0.6 is 0 Å². The molecule has 0 unspecified atom stereocenters. The largest absolute Gasteiger partial charge is 0.496 e. The van der Waals surface area contributed by atoms with Gasteiger partial charge >= 0.3 is 0 Å². The number of ether oxygens (including phenoxy) is 1. The number of methoxy groups -OCH3 is 1. The molecule has 1 aromatic carbocycles. The summed E-state index contributed by atoms with van der Waals surface area (Å²) in [5.74, 6) is 0.795. The first-order valence-corrected chi connectivity index (χ1v) is 7.52. The molecule has 0 bridgehead atoms. The second-order valence-corrected chi connectivity index (χ2v) is 5.71. The molecule has 0 spiro atoms. The van der Waals surface area contributed by atoms with E-state index in [0.717, 1.165) is 31.6 Å². The summed E-state index contributed by atoms with van der Waals surface area (Å²) in [6.45, 7) is 7.38. The van der Waals surface area contributed by atoms with Gasteiger partial charge in [0.15, 0.2) is 5.78 Å². The van der Waals surface area contributed by atoms with E-state index >= 15 is 0 Å². The molecular formula is C17H28N2O2. The molecule has 0 aliphatic rings. The molecule has 1 aromatic rings. The summed E-state index contributed by atoms with van der Waals surface area (Å²) < 4.78 is 5.34. The summed E-state index contributed by atoms with van der Waals surface area (Å²) in [7, 11) is 5.71. The van der Waals surface area contributed by atoms with Crippen molar-refractivity contribution < 1.29 is 9.53 Å². The molecule has 0 aliphatic carbocycles. The molecule has 0 saturated carbocycles. The molecule has 0 atom stereocenters. The van der Waals surface area contributed by atoms with Crippen LogP contribution < -0.4 is 4.74 Å². The summed E-state index contributed by atoms with van der Waals surface area (Å²) in [6, 6.07) is 5.74. The molecule has 0 saturated heterocycles. The van der Waals surface area contributed by atoms with Crippen LogP contribution in [-0.2, 0) is 0 Å². The monoisotopic (exact) mass is 292 g/mol. The SMILES string of the molecule is CCCN(CCN(C)C)CC(=O)c1ccc(C)cc1OC. The predicted octanol–water partition coefficient (Wildman–Crippen LogP) is 2.46. The Morgan fingerprint density at radius 1 is 1.19 bits per heavy atom. The molecule has 0 aromatic heterocycles. The second kappa shape index (κ2) is 8.80. The molecule has 4 heteroatoms. The van der Waals surface area contributed by atoms with E-state index in [4.69, 9.17) is 4.74 Å². The van der Waals surface area contributed by atoms with Crippen molar-refractivity contribution in [3.63, 3.8) is 0 Å². The van der Waals surface area contributed by atoms with Gasteiger partial charge in [-0.05, 0) is 51.7 Å². The fourth-order valence-electron chi connectivity index (χ4n) is 2.24. The van der Waals surface area contributed by atoms with Crippen LogP contribution in [0.5, 0.6) is 5.75 Å². The van der Waals surface area contributed by atoms with Crippen molar-refractivity contribution >= 4 is 5.78 Å². The number of aryl methyl sites for hydroxylation is 1. The number of hydrogen-bond donors (Lipinski definition) is 0. The standard InChI is InChI=1S/C17H28N2O2/c1-6-9-19(11-10-18(3)4)13-16(20)15-8-7-14(2)12-17(15)21-5/h7-8,12H,6,9-11,13H2,1-5H3. The van der Waals surface area contributed by atoms with Crippen LogP contribution in [0.4, 0.5) is 0 Å². The molecule has 21 heavy (non-hydrogen) atoms. The van der Waals surface area contributed by atoms with Crippen molar-refractivity contribution in [1.29, 1.82) is 0 Å². The summed E-state index contributed by atoms with van der Waals surface area (Å²) in [6.07, 6.45) is 1.05. The summed E-state index contributed by atoms with van der Waals surface area (Å²) >= 11 is 0. The molecule has 0 aliphatic heterocycles. The summed E-state index contributed by atoms with van der Waals surface area (Å²) in [5.41, 5.74) is 1.77. The van der Waals surface area contributed by atoms with Gasteiger partial charge in [-0.2, -0.15) is 0 Å². The van der Waals surface area contributed by atoms with Gasteiger partial charge in [0.1, 0.15) is 5.75 Å². The van der Waals surface area contributed by atoms with Crippen LogP contribution in [0.2, 0.25) is 0 Å². The lowest BCUT2D eigenvalue weighted by molar-refractivity contribution is 0.0922. The molecule has 0 amide bonds. The van der Waals surface area contributed by atoms with Gasteiger partial charge in [-0.3, -0.25) is 9.69 Å². The van der Waals surface area contributed by atoms with E-state index in [0.29, 0.717) is 17.9 Å². The molecule has 0 radical (unpaired) electrons. The lowest BCUT2D eigenvalue weighted by Crippen LogP contribution is -2.36. The van der Waals surface area contributed by atoms with E-state index in [1.54, 1.807) is 7.11 Å². The van der Waals surface area contributed by atoms with Gasteiger partial charge in [0.25, 0.3) is 0 Å². The Bertz CT molecular complexity index is 458. The average Bonchev–Trinajstić information content (AvgIpc) is 2.44. The average molecular weight is 292 g/mol. The van der Waals surface area contributed by atoms with Gasteiger partial charge in [-0.15, -0.1) is 0 Å². The quantitative estimate of drug-likeness (QED) is 0.655. The highest BCUT2D eigenvalue weighted by molar-refractivity contribution is 6.00. The molecule has 4 nitrogen and oxygen atoms in total. The van der Waals surface area contributed by atoms with Gasteiger partial charge in [0, 0.05) is 13.1 Å². The number of Topliss-reactive ketones (excluding diaryl/α,β-unsaturated/α-hetero) is 1. The smallest absolute Gasteiger partial charge is 0.180 e. The predicted molar refractivity (Wildman–Crippen MR) is 87.3 cm³/mol. The minimum absolute atomic E-state index is 0.124. The van der Waals surface area contributed by atoms with E-state index in [2.05, 4.69) is 30.8 Å². The highest BCUT2D eigenvalue weighted by Gasteiger charge is 2.16. The first kappa shape index (κ1) is 17.7. The fraction of sp³-hybridized carbons (Fsp3) is 0.588. The minimum Gasteiger partial charge on any atom is -0.496 e. The topological polar surface area (TPSA) is 32.8 Å². The van der Waals surface area contributed by atoms with E-state index in [1.807, 2.05) is 25.1 Å². The van der Waals surface area contributed by atoms with Crippen LogP contribution in [0.3, 0.4) is 0 Å². The van der Waals surface area contributed by atoms with Crippen LogP contribution in [0.25, 0.3) is 0 Å². The van der Waals surface area contributed by atoms with Gasteiger partial charge in [-0.1, -0.05) is 13.0 Å². The molecule has 1 rings (SSSR count). The van der Waals surface area contributed by atoms with Crippen LogP contribution in [0.15, 0.2) is 18.2 Å². The Morgan fingerprint density at radius 2 is 1.90 bits per heavy atom. The lowest BCUT2D eigenvalue weighted by atomic mass is 10.1. The first-order valence-electron chi connectivity index (χ1n) is 7.52. The highest BCUT2D eigenvalue weighted by atomic mass is 16.5. The van der Waals surface area contributed by atoms with Crippen molar-refractivity contribution in [3.05, 3.63) is 29.3 Å². The third-order valence-electron chi connectivity index (χ3n) is 3.43. The number of likely N-dealkylation sites (N-methyl/N-ethyl adjacent to an activating group) is 1. The van der Waals surface area contributed by atoms with Gasteiger partial charge < -0.3 is 9.64 Å². The third kappa shape index (κ3) is 5.86. The maximum atomic E-state index is 12.5. The second-order valence-electron chi connectivity index (χ2n) is 5.71. The number of rotatable bonds is 9. The molecule has 118 valence electrons. The fourth-order valence-corrected chi connectivity index (χ4v) is 2.24. The Kier molecular flexibility index (Phi) is 7.40. The Morgan fingerprint density at radius 3 is 2.48 bits per heavy atom. The molecule has 0 heterocycles. The van der Waals surface area contributed by atoms with Crippen molar-refractivity contribution in [2.75, 3.05) is 47.4 Å². The van der Waals surface area contributed by atoms with E-state index < -0.39 is 0 Å². The summed E-state index contributed by atoms with van der Waals surface area (Å²) in [4.78, 5) is 16.9. The number of carbonyl (C=O) groups is 1. The highest BCUT2D eigenvalue weighted by Crippen LogP contribution is 2.20. The number of hydrogen-bond acceptors (Lipinski definition) is 4. The van der Waals surface area contributed by atoms with Crippen LogP contribution in [-0.4, -0.2) is 63.0 Å². The molecular weight excluding hydrogens is 264 g/mol. The zero-order chi connectivity index (χ0) is 15.8. The number of nitrogens with zero attached hydrogens (tertiary/aromatic N) is 2. The van der Waals surface area contributed by atoms with Gasteiger partial charge in [-0.25, -0.2) is 0 Å². The Labute approximate surface area is 128 Å². The Hall–Kier alpha value is -1.39. The number of carbonyl (C=O) groups excluding carboxylic acids is 1. The third-order valence-corrected chi connectivity index (χ3v) is 3.43. The first-order chi connectivity index (χ1) is 9.97. The Balaban J connectivity index is 2.76. The van der Waals surface area contributed by atoms with Crippen molar-refractivity contribution in [1.82, 2.24) is 9.80 Å². The summed E-state index contributed by atoms with van der Waals surface area (Å²) in [5, 5.41) is 0. The van der Waals surface area contributed by atoms with Crippen LogP contribution in [0, 0.1) is 6.92 Å².